The van der Waals surface area contributed by atoms with Gasteiger partial charge in [-0.1, -0.05) is 23.2 Å². The van der Waals surface area contributed by atoms with Crippen LogP contribution in [0.15, 0.2) is 18.2 Å². The average Bonchev–Trinajstić information content (AvgIpc) is 2.33. The highest BCUT2D eigenvalue weighted by Crippen LogP contribution is 2.26. The number of rotatable bonds is 3. The Morgan fingerprint density at radius 2 is 2.00 bits per heavy atom. The lowest BCUT2D eigenvalue weighted by Gasteiger charge is -2.29. The quantitative estimate of drug-likeness (QED) is 0.884. The summed E-state index contributed by atoms with van der Waals surface area (Å²) in [6.45, 7) is 4.44. The van der Waals surface area contributed by atoms with Gasteiger partial charge in [-0.15, -0.1) is 0 Å². The number of hydrogen-bond acceptors (Lipinski definition) is 3. The predicted octanol–water partition coefficient (Wildman–Crippen LogP) is 1.93. The Labute approximate surface area is 111 Å². The molecule has 0 saturated carbocycles. The molecular formula is C12H16Cl2N2O. The number of aliphatic hydroxyl groups excluding tert-OH is 1. The van der Waals surface area contributed by atoms with Gasteiger partial charge in [0.05, 0.1) is 6.10 Å². The molecule has 0 amide bonds. The largest absolute Gasteiger partial charge is 0.387 e. The zero-order valence-electron chi connectivity index (χ0n) is 9.50. The van der Waals surface area contributed by atoms with E-state index in [4.69, 9.17) is 23.2 Å². The summed E-state index contributed by atoms with van der Waals surface area (Å²) in [5, 5.41) is 14.6. The number of nitrogens with zero attached hydrogens (tertiary/aromatic N) is 1. The van der Waals surface area contributed by atoms with Crippen molar-refractivity contribution in [1.82, 2.24) is 10.2 Å². The molecule has 0 aliphatic carbocycles. The number of β-amino-alcohol motifs (C(OH)–C–C–N with tert-alkyl or cyclic N) is 1. The molecule has 1 aliphatic heterocycles. The van der Waals surface area contributed by atoms with Gasteiger partial charge in [-0.3, -0.25) is 4.90 Å². The van der Waals surface area contributed by atoms with Crippen molar-refractivity contribution in [3.63, 3.8) is 0 Å². The number of nitrogens with one attached hydrogen (secondary N) is 1. The molecule has 5 heteroatoms. The summed E-state index contributed by atoms with van der Waals surface area (Å²) in [6, 6.07) is 5.18. The van der Waals surface area contributed by atoms with E-state index < -0.39 is 6.10 Å². The molecule has 1 saturated heterocycles. The second-order valence-electron chi connectivity index (χ2n) is 4.23. The van der Waals surface area contributed by atoms with Crippen molar-refractivity contribution in [2.45, 2.75) is 6.10 Å². The Hall–Kier alpha value is -0.320. The lowest BCUT2D eigenvalue weighted by molar-refractivity contribution is 0.106. The minimum absolute atomic E-state index is 0.567. The molecule has 0 spiro atoms. The van der Waals surface area contributed by atoms with E-state index in [-0.39, 0.29) is 0 Å². The van der Waals surface area contributed by atoms with Crippen LogP contribution >= 0.6 is 23.2 Å². The van der Waals surface area contributed by atoms with Gasteiger partial charge in [0.2, 0.25) is 0 Å². The Kier molecular flexibility index (Phi) is 4.65. The lowest BCUT2D eigenvalue weighted by atomic mass is 10.1. The third-order valence-corrected chi connectivity index (χ3v) is 3.54. The maximum Gasteiger partial charge on any atom is 0.0931 e. The SMILES string of the molecule is OC(CN1CCNCC1)c1cc(Cl)ccc1Cl. The molecule has 1 atom stereocenters. The van der Waals surface area contributed by atoms with Crippen LogP contribution in [0.5, 0.6) is 0 Å². The van der Waals surface area contributed by atoms with Crippen LogP contribution in [0.4, 0.5) is 0 Å². The number of hydrogen-bond donors (Lipinski definition) is 2. The highest BCUT2D eigenvalue weighted by molar-refractivity contribution is 6.33. The molecule has 0 radical (unpaired) electrons. The topological polar surface area (TPSA) is 35.5 Å². The van der Waals surface area contributed by atoms with Gasteiger partial charge < -0.3 is 10.4 Å². The first-order valence-corrected chi connectivity index (χ1v) is 6.48. The maximum atomic E-state index is 10.2. The molecule has 1 heterocycles. The molecule has 2 N–H and O–H groups in total. The van der Waals surface area contributed by atoms with Gasteiger partial charge >= 0.3 is 0 Å². The van der Waals surface area contributed by atoms with Crippen LogP contribution in [0.3, 0.4) is 0 Å². The fourth-order valence-electron chi connectivity index (χ4n) is 2.01. The van der Waals surface area contributed by atoms with Crippen molar-refractivity contribution in [1.29, 1.82) is 0 Å². The monoisotopic (exact) mass is 274 g/mol. The zero-order valence-corrected chi connectivity index (χ0v) is 11.0. The van der Waals surface area contributed by atoms with Gasteiger partial charge in [0.25, 0.3) is 0 Å². The predicted molar refractivity (Wildman–Crippen MR) is 70.7 cm³/mol. The summed E-state index contributed by atoms with van der Waals surface area (Å²) in [7, 11) is 0. The molecule has 0 bridgehead atoms. The number of benzene rings is 1. The van der Waals surface area contributed by atoms with Crippen LogP contribution in [0.2, 0.25) is 10.0 Å². The summed E-state index contributed by atoms with van der Waals surface area (Å²) >= 11 is 12.0. The fourth-order valence-corrected chi connectivity index (χ4v) is 2.43. The zero-order chi connectivity index (χ0) is 12.3. The maximum absolute atomic E-state index is 10.2. The molecule has 1 aliphatic rings. The van der Waals surface area contributed by atoms with Crippen molar-refractivity contribution >= 4 is 23.2 Å². The summed E-state index contributed by atoms with van der Waals surface area (Å²) in [5.41, 5.74) is 0.706. The molecule has 3 nitrogen and oxygen atoms in total. The minimum atomic E-state index is -0.584. The molecule has 17 heavy (non-hydrogen) atoms. The van der Waals surface area contributed by atoms with Gasteiger partial charge in [-0.2, -0.15) is 0 Å². The number of halogens is 2. The van der Waals surface area contributed by atoms with E-state index in [0.717, 1.165) is 26.2 Å². The Morgan fingerprint density at radius 3 is 2.71 bits per heavy atom. The molecule has 1 unspecified atom stereocenters. The first-order valence-electron chi connectivity index (χ1n) is 5.73. The molecule has 1 aromatic carbocycles. The third-order valence-electron chi connectivity index (χ3n) is 2.96. The van der Waals surface area contributed by atoms with E-state index in [1.54, 1.807) is 18.2 Å². The van der Waals surface area contributed by atoms with Crippen LogP contribution in [0.1, 0.15) is 11.7 Å². The second kappa shape index (κ2) is 6.03. The number of piperazine rings is 1. The molecule has 1 aromatic rings. The van der Waals surface area contributed by atoms with Crippen molar-refractivity contribution < 1.29 is 5.11 Å². The summed E-state index contributed by atoms with van der Waals surface area (Å²) in [4.78, 5) is 2.22. The molecular weight excluding hydrogens is 259 g/mol. The van der Waals surface area contributed by atoms with Gasteiger partial charge in [0, 0.05) is 48.3 Å². The number of aliphatic hydroxyl groups is 1. The molecule has 1 fully saturated rings. The second-order valence-corrected chi connectivity index (χ2v) is 5.08. The van der Waals surface area contributed by atoms with E-state index >= 15 is 0 Å². The first kappa shape index (κ1) is 13.1. The molecule has 94 valence electrons. The normalized spacial score (nSPS) is 19.2. The van der Waals surface area contributed by atoms with E-state index in [2.05, 4.69) is 10.2 Å². The van der Waals surface area contributed by atoms with Crippen molar-refractivity contribution in [3.8, 4) is 0 Å². The van der Waals surface area contributed by atoms with Crippen molar-refractivity contribution in [2.75, 3.05) is 32.7 Å². The summed E-state index contributed by atoms with van der Waals surface area (Å²) < 4.78 is 0. The van der Waals surface area contributed by atoms with Crippen molar-refractivity contribution in [2.24, 2.45) is 0 Å². The van der Waals surface area contributed by atoms with Gasteiger partial charge in [-0.05, 0) is 18.2 Å². The van der Waals surface area contributed by atoms with Gasteiger partial charge in [-0.25, -0.2) is 0 Å². The highest BCUT2D eigenvalue weighted by atomic mass is 35.5. The van der Waals surface area contributed by atoms with Gasteiger partial charge in [0.1, 0.15) is 0 Å². The Bertz CT molecular complexity index is 381. The summed E-state index contributed by atoms with van der Waals surface area (Å²) in [6.07, 6.45) is -0.584. The molecule has 0 aromatic heterocycles. The van der Waals surface area contributed by atoms with Crippen LogP contribution in [-0.2, 0) is 0 Å². The average molecular weight is 275 g/mol. The van der Waals surface area contributed by atoms with E-state index in [1.165, 1.54) is 0 Å². The smallest absolute Gasteiger partial charge is 0.0931 e. The standard InChI is InChI=1S/C12H16Cl2N2O/c13-9-1-2-11(14)10(7-9)12(17)8-16-5-3-15-4-6-16/h1-2,7,12,15,17H,3-6,8H2. The highest BCUT2D eigenvalue weighted by Gasteiger charge is 2.17. The van der Waals surface area contributed by atoms with Crippen LogP contribution in [0, 0.1) is 0 Å². The van der Waals surface area contributed by atoms with Crippen LogP contribution in [0.25, 0.3) is 0 Å². The lowest BCUT2D eigenvalue weighted by Crippen LogP contribution is -2.45. The summed E-state index contributed by atoms with van der Waals surface area (Å²) in [5.74, 6) is 0. The Balaban J connectivity index is 2.02. The van der Waals surface area contributed by atoms with Crippen molar-refractivity contribution in [3.05, 3.63) is 33.8 Å². The fraction of sp³-hybridized carbons (Fsp3) is 0.500. The first-order chi connectivity index (χ1) is 8.16. The Morgan fingerprint density at radius 1 is 1.29 bits per heavy atom. The minimum Gasteiger partial charge on any atom is -0.387 e. The van der Waals surface area contributed by atoms with Crippen LogP contribution < -0.4 is 5.32 Å². The van der Waals surface area contributed by atoms with Gasteiger partial charge in [0.15, 0.2) is 0 Å². The molecule has 2 rings (SSSR count). The van der Waals surface area contributed by atoms with E-state index in [9.17, 15) is 5.11 Å². The third kappa shape index (κ3) is 3.57. The van der Waals surface area contributed by atoms with Crippen LogP contribution in [-0.4, -0.2) is 42.7 Å². The van der Waals surface area contributed by atoms with E-state index in [1.807, 2.05) is 0 Å². The van der Waals surface area contributed by atoms with E-state index in [0.29, 0.717) is 22.2 Å².